The topological polar surface area (TPSA) is 97.6 Å². The Morgan fingerprint density at radius 1 is 1.27 bits per heavy atom. The van der Waals surface area contributed by atoms with Gasteiger partial charge in [0, 0.05) is 31.6 Å². The van der Waals surface area contributed by atoms with Crippen molar-refractivity contribution >= 4 is 5.91 Å². The van der Waals surface area contributed by atoms with Gasteiger partial charge in [0.15, 0.2) is 0 Å². The van der Waals surface area contributed by atoms with E-state index in [4.69, 9.17) is 0 Å². The molecule has 26 heavy (non-hydrogen) atoms. The van der Waals surface area contributed by atoms with Gasteiger partial charge in [0.1, 0.15) is 17.2 Å². The Hall–Kier alpha value is -3.16. The van der Waals surface area contributed by atoms with Gasteiger partial charge in [-0.1, -0.05) is 30.3 Å². The summed E-state index contributed by atoms with van der Waals surface area (Å²) in [6, 6.07) is 9.59. The van der Waals surface area contributed by atoms with Gasteiger partial charge in [0.2, 0.25) is 0 Å². The lowest BCUT2D eigenvalue weighted by molar-refractivity contribution is 0.0929. The molecule has 134 valence electrons. The quantitative estimate of drug-likeness (QED) is 0.738. The number of aromatic amines is 1. The molecule has 0 saturated carbocycles. The SMILES string of the molecule is Cn1nc2n(c1=O)CCC(NC(=O)c1[nH]cnc1-c1ccccc1)CC2. The molecule has 0 radical (unpaired) electrons. The summed E-state index contributed by atoms with van der Waals surface area (Å²) < 4.78 is 3.06. The predicted octanol–water partition coefficient (Wildman–Crippen LogP) is 1.11. The highest BCUT2D eigenvalue weighted by molar-refractivity contribution is 5.98. The highest BCUT2D eigenvalue weighted by Crippen LogP contribution is 2.20. The van der Waals surface area contributed by atoms with Crippen LogP contribution in [-0.2, 0) is 20.0 Å². The molecular weight excluding hydrogens is 332 g/mol. The van der Waals surface area contributed by atoms with Gasteiger partial charge in [-0.2, -0.15) is 5.10 Å². The van der Waals surface area contributed by atoms with E-state index in [9.17, 15) is 9.59 Å². The van der Waals surface area contributed by atoms with E-state index in [1.165, 1.54) is 11.0 Å². The Morgan fingerprint density at radius 2 is 2.08 bits per heavy atom. The molecule has 1 unspecified atom stereocenters. The number of carbonyl (C=O) groups is 1. The first-order chi connectivity index (χ1) is 12.6. The van der Waals surface area contributed by atoms with E-state index in [-0.39, 0.29) is 17.6 Å². The number of carbonyl (C=O) groups excluding carboxylic acids is 1. The van der Waals surface area contributed by atoms with Gasteiger partial charge >= 0.3 is 5.69 Å². The maximum absolute atomic E-state index is 12.7. The van der Waals surface area contributed by atoms with Crippen LogP contribution in [0.25, 0.3) is 11.3 Å². The lowest BCUT2D eigenvalue weighted by Crippen LogP contribution is -2.36. The third-order valence-corrected chi connectivity index (χ3v) is 4.75. The number of hydrogen-bond acceptors (Lipinski definition) is 4. The van der Waals surface area contributed by atoms with Crippen molar-refractivity contribution in [3.8, 4) is 11.3 Å². The predicted molar refractivity (Wildman–Crippen MR) is 95.7 cm³/mol. The average molecular weight is 352 g/mol. The van der Waals surface area contributed by atoms with Crippen molar-refractivity contribution in [3.05, 3.63) is 58.7 Å². The fourth-order valence-corrected chi connectivity index (χ4v) is 3.38. The molecule has 1 amide bonds. The summed E-state index contributed by atoms with van der Waals surface area (Å²) in [4.78, 5) is 32.0. The van der Waals surface area contributed by atoms with Crippen molar-refractivity contribution in [2.45, 2.75) is 31.8 Å². The number of nitrogens with one attached hydrogen (secondary N) is 2. The molecule has 0 bridgehead atoms. The second kappa shape index (κ2) is 6.62. The summed E-state index contributed by atoms with van der Waals surface area (Å²) in [6.07, 6.45) is 3.63. The molecule has 3 heterocycles. The molecule has 1 aliphatic heterocycles. The van der Waals surface area contributed by atoms with Gasteiger partial charge < -0.3 is 10.3 Å². The first kappa shape index (κ1) is 16.3. The van der Waals surface area contributed by atoms with Crippen molar-refractivity contribution in [1.82, 2.24) is 29.6 Å². The van der Waals surface area contributed by atoms with Crippen LogP contribution in [0.2, 0.25) is 0 Å². The molecule has 8 heteroatoms. The first-order valence-electron chi connectivity index (χ1n) is 8.66. The van der Waals surface area contributed by atoms with Crippen LogP contribution in [0.3, 0.4) is 0 Å². The zero-order valence-corrected chi connectivity index (χ0v) is 14.5. The molecule has 2 aromatic heterocycles. The number of nitrogens with zero attached hydrogens (tertiary/aromatic N) is 4. The summed E-state index contributed by atoms with van der Waals surface area (Å²) in [5, 5.41) is 7.34. The Bertz CT molecular complexity index is 985. The Balaban J connectivity index is 1.48. The second-order valence-corrected chi connectivity index (χ2v) is 6.46. The number of aryl methyl sites for hydroxylation is 2. The number of H-pyrrole nitrogens is 1. The highest BCUT2D eigenvalue weighted by Gasteiger charge is 2.23. The number of rotatable bonds is 3. The number of hydrogen-bond donors (Lipinski definition) is 2. The Labute approximate surface area is 149 Å². The van der Waals surface area contributed by atoms with Gasteiger partial charge in [0.25, 0.3) is 5.91 Å². The van der Waals surface area contributed by atoms with Crippen LogP contribution in [0.4, 0.5) is 0 Å². The van der Waals surface area contributed by atoms with E-state index < -0.39 is 0 Å². The number of imidazole rings is 1. The maximum atomic E-state index is 12.7. The lowest BCUT2D eigenvalue weighted by Gasteiger charge is -2.16. The Morgan fingerprint density at radius 3 is 2.88 bits per heavy atom. The molecular formula is C18H20N6O2. The van der Waals surface area contributed by atoms with E-state index in [0.717, 1.165) is 17.8 Å². The van der Waals surface area contributed by atoms with Gasteiger partial charge in [-0.3, -0.25) is 9.36 Å². The fourth-order valence-electron chi connectivity index (χ4n) is 3.38. The van der Waals surface area contributed by atoms with E-state index in [1.807, 2.05) is 30.3 Å². The minimum absolute atomic E-state index is 0.0131. The standard InChI is InChI=1S/C18H20N6O2/c1-23-18(26)24-10-9-13(7-8-14(24)22-23)21-17(25)16-15(19-11-20-16)12-5-3-2-4-6-12/h2-6,11,13H,7-10H2,1H3,(H,19,20)(H,21,25). The smallest absolute Gasteiger partial charge is 0.345 e. The van der Waals surface area contributed by atoms with Crippen LogP contribution < -0.4 is 11.0 Å². The van der Waals surface area contributed by atoms with Crippen LogP contribution >= 0.6 is 0 Å². The fraction of sp³-hybridized carbons (Fsp3) is 0.333. The molecule has 4 rings (SSSR count). The molecule has 1 atom stereocenters. The molecule has 8 nitrogen and oxygen atoms in total. The molecule has 0 aliphatic carbocycles. The van der Waals surface area contributed by atoms with Gasteiger partial charge in [-0.05, 0) is 12.8 Å². The van der Waals surface area contributed by atoms with Gasteiger partial charge in [0.05, 0.1) is 6.33 Å². The summed E-state index contributed by atoms with van der Waals surface area (Å²) in [7, 11) is 1.66. The third kappa shape index (κ3) is 2.94. The summed E-state index contributed by atoms with van der Waals surface area (Å²) in [5.74, 6) is 0.597. The van der Waals surface area contributed by atoms with Crippen LogP contribution in [0.1, 0.15) is 29.2 Å². The van der Waals surface area contributed by atoms with Crippen molar-refractivity contribution in [3.63, 3.8) is 0 Å². The lowest BCUT2D eigenvalue weighted by atomic mass is 10.1. The normalized spacial score (nSPS) is 16.7. The molecule has 2 N–H and O–H groups in total. The number of aromatic nitrogens is 5. The van der Waals surface area contributed by atoms with E-state index in [1.54, 1.807) is 11.6 Å². The largest absolute Gasteiger partial charge is 0.348 e. The summed E-state index contributed by atoms with van der Waals surface area (Å²) in [5.41, 5.74) is 1.88. The van der Waals surface area contributed by atoms with Gasteiger partial charge in [-0.15, -0.1) is 0 Å². The molecule has 3 aromatic rings. The number of fused-ring (bicyclic) bond motifs is 1. The van der Waals surface area contributed by atoms with Crippen LogP contribution in [-0.4, -0.2) is 36.3 Å². The highest BCUT2D eigenvalue weighted by atomic mass is 16.2. The van der Waals surface area contributed by atoms with Crippen LogP contribution in [0.5, 0.6) is 0 Å². The van der Waals surface area contributed by atoms with Crippen LogP contribution in [0, 0.1) is 0 Å². The van der Waals surface area contributed by atoms with Crippen molar-refractivity contribution in [2.24, 2.45) is 7.05 Å². The van der Waals surface area contributed by atoms with E-state index in [2.05, 4.69) is 20.4 Å². The maximum Gasteiger partial charge on any atom is 0.345 e. The minimum Gasteiger partial charge on any atom is -0.348 e. The number of benzene rings is 1. The third-order valence-electron chi connectivity index (χ3n) is 4.75. The monoisotopic (exact) mass is 352 g/mol. The van der Waals surface area contributed by atoms with E-state index >= 15 is 0 Å². The molecule has 1 aliphatic rings. The van der Waals surface area contributed by atoms with Gasteiger partial charge in [-0.25, -0.2) is 14.5 Å². The minimum atomic E-state index is -0.182. The summed E-state index contributed by atoms with van der Waals surface area (Å²) >= 11 is 0. The van der Waals surface area contributed by atoms with Crippen molar-refractivity contribution in [1.29, 1.82) is 0 Å². The molecule has 0 spiro atoms. The van der Waals surface area contributed by atoms with Crippen LogP contribution in [0.15, 0.2) is 41.5 Å². The zero-order chi connectivity index (χ0) is 18.1. The van der Waals surface area contributed by atoms with Crippen molar-refractivity contribution in [2.75, 3.05) is 0 Å². The zero-order valence-electron chi connectivity index (χ0n) is 14.5. The molecule has 0 saturated heterocycles. The Kier molecular flexibility index (Phi) is 4.16. The first-order valence-corrected chi connectivity index (χ1v) is 8.66. The van der Waals surface area contributed by atoms with E-state index in [0.29, 0.717) is 30.8 Å². The van der Waals surface area contributed by atoms with Crippen molar-refractivity contribution < 1.29 is 4.79 Å². The second-order valence-electron chi connectivity index (χ2n) is 6.46. The number of amides is 1. The molecule has 1 aromatic carbocycles. The average Bonchev–Trinajstić information content (AvgIpc) is 3.18. The summed E-state index contributed by atoms with van der Waals surface area (Å²) in [6.45, 7) is 0.557. The molecule has 0 fully saturated rings.